The van der Waals surface area contributed by atoms with Crippen molar-refractivity contribution in [2.24, 2.45) is 0 Å². The highest BCUT2D eigenvalue weighted by atomic mass is 32.2. The van der Waals surface area contributed by atoms with E-state index in [2.05, 4.69) is 20.0 Å². The second-order valence-electron chi connectivity index (χ2n) is 5.99. The molecule has 0 amide bonds. The van der Waals surface area contributed by atoms with Crippen LogP contribution in [-0.4, -0.2) is 25.4 Å². The fourth-order valence-electron chi connectivity index (χ4n) is 2.65. The van der Waals surface area contributed by atoms with Crippen LogP contribution in [0.25, 0.3) is 11.3 Å². The van der Waals surface area contributed by atoms with E-state index in [-0.39, 0.29) is 10.9 Å². The van der Waals surface area contributed by atoms with E-state index in [0.29, 0.717) is 6.54 Å². The molecular weight excluding hydrogens is 348 g/mol. The Kier molecular flexibility index (Phi) is 5.51. The van der Waals surface area contributed by atoms with E-state index in [1.165, 1.54) is 7.05 Å². The van der Waals surface area contributed by atoms with Gasteiger partial charge >= 0.3 is 0 Å². The van der Waals surface area contributed by atoms with Gasteiger partial charge in [-0.3, -0.25) is 0 Å². The van der Waals surface area contributed by atoms with Gasteiger partial charge in [-0.25, -0.2) is 18.1 Å². The van der Waals surface area contributed by atoms with Crippen molar-refractivity contribution in [1.82, 2.24) is 20.0 Å². The molecule has 26 heavy (non-hydrogen) atoms. The molecule has 0 saturated heterocycles. The van der Waals surface area contributed by atoms with Crippen molar-refractivity contribution in [3.8, 4) is 11.3 Å². The molecule has 136 valence electrons. The second-order valence-corrected chi connectivity index (χ2v) is 7.88. The number of aromatic amines is 1. The first-order valence-corrected chi connectivity index (χ1v) is 9.84. The predicted octanol–water partition coefficient (Wildman–Crippen LogP) is 2.84. The summed E-state index contributed by atoms with van der Waals surface area (Å²) in [5, 5.41) is 3.37. The van der Waals surface area contributed by atoms with E-state index in [1.807, 2.05) is 49.5 Å². The topological polar surface area (TPSA) is 86.9 Å². The van der Waals surface area contributed by atoms with Crippen molar-refractivity contribution in [3.63, 3.8) is 0 Å². The van der Waals surface area contributed by atoms with Gasteiger partial charge in [0, 0.05) is 6.04 Å². The Bertz CT molecular complexity index is 968. The van der Waals surface area contributed by atoms with Crippen LogP contribution in [0.2, 0.25) is 0 Å². The van der Waals surface area contributed by atoms with Gasteiger partial charge in [0.15, 0.2) is 0 Å². The number of sulfonamides is 1. The van der Waals surface area contributed by atoms with Crippen molar-refractivity contribution >= 4 is 10.0 Å². The molecule has 3 aromatic rings. The van der Waals surface area contributed by atoms with Gasteiger partial charge in [0.25, 0.3) is 0 Å². The van der Waals surface area contributed by atoms with Crippen molar-refractivity contribution in [1.29, 1.82) is 0 Å². The highest BCUT2D eigenvalue weighted by Crippen LogP contribution is 2.19. The molecule has 1 heterocycles. The van der Waals surface area contributed by atoms with Crippen LogP contribution in [-0.2, 0) is 16.6 Å². The molecule has 7 heteroatoms. The molecule has 0 aliphatic heterocycles. The van der Waals surface area contributed by atoms with Crippen molar-refractivity contribution in [2.75, 3.05) is 7.05 Å². The van der Waals surface area contributed by atoms with Crippen LogP contribution in [0.3, 0.4) is 0 Å². The third-order valence-electron chi connectivity index (χ3n) is 4.23. The molecule has 0 aliphatic carbocycles. The molecule has 0 saturated carbocycles. The van der Waals surface area contributed by atoms with Gasteiger partial charge in [0.1, 0.15) is 5.82 Å². The number of imidazole rings is 1. The van der Waals surface area contributed by atoms with Gasteiger partial charge in [-0.15, -0.1) is 0 Å². The SMILES string of the molecule is CNS(=O)(=O)c1cccc([C@H](C)NCc2ncc(-c3ccccc3)[nH]2)c1. The monoisotopic (exact) mass is 370 g/mol. The minimum absolute atomic E-state index is 0.0210. The first-order chi connectivity index (χ1) is 12.5. The van der Waals surface area contributed by atoms with Gasteiger partial charge in [0.05, 0.1) is 23.3 Å². The lowest BCUT2D eigenvalue weighted by molar-refractivity contribution is 0.560. The molecule has 0 aliphatic rings. The van der Waals surface area contributed by atoms with Crippen molar-refractivity contribution < 1.29 is 8.42 Å². The van der Waals surface area contributed by atoms with Gasteiger partial charge in [-0.2, -0.15) is 0 Å². The average Bonchev–Trinajstić information content (AvgIpc) is 3.16. The Labute approximate surface area is 153 Å². The standard InChI is InChI=1S/C19H22N4O2S/c1-14(16-9-6-10-17(11-16)26(24,25)20-2)21-13-19-22-12-18(23-19)15-7-4-3-5-8-15/h3-12,14,20-21H,13H2,1-2H3,(H,22,23)/t14-/m0/s1. The Morgan fingerprint density at radius 3 is 2.62 bits per heavy atom. The van der Waals surface area contributed by atoms with Crippen molar-refractivity contribution in [3.05, 3.63) is 72.2 Å². The second kappa shape index (κ2) is 7.82. The fourth-order valence-corrected chi connectivity index (χ4v) is 3.44. The van der Waals surface area contributed by atoms with Gasteiger partial charge < -0.3 is 10.3 Å². The van der Waals surface area contributed by atoms with E-state index >= 15 is 0 Å². The van der Waals surface area contributed by atoms with Gasteiger partial charge in [-0.1, -0.05) is 42.5 Å². The quantitative estimate of drug-likeness (QED) is 0.597. The largest absolute Gasteiger partial charge is 0.341 e. The van der Waals surface area contributed by atoms with Crippen LogP contribution in [0, 0.1) is 0 Å². The van der Waals surface area contributed by atoms with Crippen LogP contribution in [0.1, 0.15) is 24.4 Å². The van der Waals surface area contributed by atoms with Crippen LogP contribution in [0.5, 0.6) is 0 Å². The molecule has 0 unspecified atom stereocenters. The predicted molar refractivity (Wildman–Crippen MR) is 102 cm³/mol. The summed E-state index contributed by atoms with van der Waals surface area (Å²) in [6.07, 6.45) is 1.82. The molecule has 1 atom stereocenters. The summed E-state index contributed by atoms with van der Waals surface area (Å²) in [6, 6.07) is 16.9. The number of rotatable bonds is 7. The van der Waals surface area contributed by atoms with E-state index in [4.69, 9.17) is 0 Å². The number of aromatic nitrogens is 2. The molecule has 6 nitrogen and oxygen atoms in total. The highest BCUT2D eigenvalue weighted by Gasteiger charge is 2.14. The van der Waals surface area contributed by atoms with Crippen LogP contribution in [0.15, 0.2) is 65.7 Å². The third-order valence-corrected chi connectivity index (χ3v) is 5.64. The zero-order valence-corrected chi connectivity index (χ0v) is 15.5. The number of benzene rings is 2. The Hall–Kier alpha value is -2.48. The Morgan fingerprint density at radius 1 is 1.12 bits per heavy atom. The minimum Gasteiger partial charge on any atom is -0.341 e. The minimum atomic E-state index is -3.44. The van der Waals surface area contributed by atoms with E-state index in [0.717, 1.165) is 22.6 Å². The molecule has 0 spiro atoms. The lowest BCUT2D eigenvalue weighted by Gasteiger charge is -2.14. The van der Waals surface area contributed by atoms with Gasteiger partial charge in [0.2, 0.25) is 10.0 Å². The smallest absolute Gasteiger partial charge is 0.240 e. The highest BCUT2D eigenvalue weighted by molar-refractivity contribution is 7.89. The molecule has 0 bridgehead atoms. The Balaban J connectivity index is 1.67. The van der Waals surface area contributed by atoms with Crippen LogP contribution in [0.4, 0.5) is 0 Å². The third kappa shape index (κ3) is 4.19. The van der Waals surface area contributed by atoms with Crippen molar-refractivity contribution in [2.45, 2.75) is 24.4 Å². The molecule has 0 radical (unpaired) electrons. The summed E-state index contributed by atoms with van der Waals surface area (Å²) >= 11 is 0. The lowest BCUT2D eigenvalue weighted by Crippen LogP contribution is -2.21. The summed E-state index contributed by atoms with van der Waals surface area (Å²) in [6.45, 7) is 2.54. The number of hydrogen-bond donors (Lipinski definition) is 3. The molecule has 3 N–H and O–H groups in total. The maximum atomic E-state index is 11.9. The first-order valence-electron chi connectivity index (χ1n) is 8.36. The van der Waals surface area contributed by atoms with Crippen LogP contribution < -0.4 is 10.0 Å². The number of nitrogens with zero attached hydrogens (tertiary/aromatic N) is 1. The fraction of sp³-hybridized carbons (Fsp3) is 0.211. The maximum Gasteiger partial charge on any atom is 0.240 e. The zero-order valence-electron chi connectivity index (χ0n) is 14.7. The summed E-state index contributed by atoms with van der Waals surface area (Å²) in [4.78, 5) is 7.97. The zero-order chi connectivity index (χ0) is 18.6. The molecule has 2 aromatic carbocycles. The van der Waals surface area contributed by atoms with Gasteiger partial charge in [-0.05, 0) is 37.2 Å². The summed E-state index contributed by atoms with van der Waals surface area (Å²) in [5.41, 5.74) is 2.96. The van der Waals surface area contributed by atoms with E-state index < -0.39 is 10.0 Å². The average molecular weight is 370 g/mol. The van der Waals surface area contributed by atoms with E-state index in [9.17, 15) is 8.42 Å². The van der Waals surface area contributed by atoms with Crippen LogP contribution >= 0.6 is 0 Å². The summed E-state index contributed by atoms with van der Waals surface area (Å²) in [5.74, 6) is 0.828. The molecular formula is C19H22N4O2S. The lowest BCUT2D eigenvalue weighted by atomic mass is 10.1. The first kappa shape index (κ1) is 18.3. The van der Waals surface area contributed by atoms with E-state index in [1.54, 1.807) is 18.2 Å². The molecule has 1 aromatic heterocycles. The summed E-state index contributed by atoms with van der Waals surface area (Å²) < 4.78 is 26.2. The molecule has 3 rings (SSSR count). The normalized spacial score (nSPS) is 12.8. The number of nitrogens with one attached hydrogen (secondary N) is 3. The number of hydrogen-bond acceptors (Lipinski definition) is 4. The maximum absolute atomic E-state index is 11.9. The summed E-state index contributed by atoms with van der Waals surface area (Å²) in [7, 11) is -2.04. The molecule has 0 fully saturated rings. The number of H-pyrrole nitrogens is 1. The Morgan fingerprint density at radius 2 is 1.88 bits per heavy atom.